The molecular formula is C37H86N5O12Si2-. The first-order chi connectivity index (χ1) is 27.0. The number of nitrogens with two attached hydrogens (primary N) is 1. The molecule has 0 saturated carbocycles. The molecule has 0 aromatic carbocycles. The molecule has 0 aromatic rings. The minimum absolute atomic E-state index is 0.208. The zero-order valence-corrected chi connectivity index (χ0v) is 38.7. The fourth-order valence-electron chi connectivity index (χ4n) is 6.33. The molecule has 0 aliphatic rings. The van der Waals surface area contributed by atoms with Gasteiger partial charge in [0.15, 0.2) is 0 Å². The summed E-state index contributed by atoms with van der Waals surface area (Å²) in [5, 5.41) is 39.2. The van der Waals surface area contributed by atoms with Gasteiger partial charge in [0.05, 0.1) is 25.4 Å². The molecule has 17 nitrogen and oxygen atoms in total. The fraction of sp³-hybridized carbons (Fsp3) is 1.00. The average molecular weight is 849 g/mol. The van der Waals surface area contributed by atoms with Crippen LogP contribution in [-0.4, -0.2) is 215 Å². The number of ether oxygens (including phenoxy) is 3. The van der Waals surface area contributed by atoms with Crippen molar-refractivity contribution in [3.05, 3.63) is 0 Å². The molecular weight excluding hydrogens is 763 g/mol. The molecule has 0 bridgehead atoms. The van der Waals surface area contributed by atoms with Gasteiger partial charge in [-0.25, -0.2) is 0 Å². The van der Waals surface area contributed by atoms with Crippen LogP contribution in [-0.2, 0) is 40.8 Å². The Hall–Kier alpha value is -0.246. The van der Waals surface area contributed by atoms with Crippen molar-refractivity contribution in [2.45, 2.75) is 82.8 Å². The summed E-state index contributed by atoms with van der Waals surface area (Å²) in [4.78, 5) is 4.41. The van der Waals surface area contributed by atoms with E-state index in [0.29, 0.717) is 116 Å². The van der Waals surface area contributed by atoms with Crippen molar-refractivity contribution in [2.75, 3.05) is 154 Å². The van der Waals surface area contributed by atoms with Crippen molar-refractivity contribution in [1.29, 1.82) is 0 Å². The van der Waals surface area contributed by atoms with E-state index in [2.05, 4.69) is 34.3 Å². The summed E-state index contributed by atoms with van der Waals surface area (Å²) >= 11 is 0. The van der Waals surface area contributed by atoms with Crippen LogP contribution in [0.5, 0.6) is 0 Å². The van der Waals surface area contributed by atoms with Crippen molar-refractivity contribution >= 4 is 17.6 Å². The summed E-state index contributed by atoms with van der Waals surface area (Å²) in [6, 6.07) is 1.28. The Morgan fingerprint density at radius 1 is 0.643 bits per heavy atom. The van der Waals surface area contributed by atoms with E-state index in [-0.39, 0.29) is 19.8 Å². The maximum absolute atomic E-state index is 11.0. The average Bonchev–Trinajstić information content (AvgIpc) is 3.21. The van der Waals surface area contributed by atoms with Crippen molar-refractivity contribution in [2.24, 2.45) is 11.7 Å². The Balaban J connectivity index is 5.20. The summed E-state index contributed by atoms with van der Waals surface area (Å²) in [7, 11) is 3.98. The summed E-state index contributed by atoms with van der Waals surface area (Å²) in [5.41, 5.74) is 5.69. The number of hydrogen-bond donors (Lipinski definition) is 6. The molecule has 0 saturated heterocycles. The van der Waals surface area contributed by atoms with E-state index < -0.39 is 35.9 Å². The molecule has 19 heteroatoms. The van der Waals surface area contributed by atoms with Crippen molar-refractivity contribution < 1.29 is 56.1 Å². The van der Waals surface area contributed by atoms with Gasteiger partial charge >= 0.3 is 161 Å². The van der Waals surface area contributed by atoms with Crippen LogP contribution < -0.4 is 16.4 Å². The van der Waals surface area contributed by atoms with Gasteiger partial charge in [-0.2, -0.15) is 0 Å². The Bertz CT molecular complexity index is 845. The third kappa shape index (κ3) is 27.5. The molecule has 4 unspecified atom stereocenters. The molecule has 0 fully saturated rings. The number of hydrogen-bond acceptors (Lipinski definition) is 17. The van der Waals surface area contributed by atoms with Gasteiger partial charge in [-0.3, -0.25) is 0 Å². The zero-order chi connectivity index (χ0) is 41.9. The quantitative estimate of drug-likeness (QED) is 0.0363. The molecule has 0 radical (unpaired) electrons. The van der Waals surface area contributed by atoms with Crippen LogP contribution in [0.15, 0.2) is 0 Å². The standard InChI is InChI=1S/C37H86N5O12Si2/c1-9-11-14-34(10-2)30-54-33-37(45)29-42(20-18-40-27-35(43)31-52-23-12-25-55(46-3,47-4)48-5)22-21-41(19-17-39-16-15-38)28-36(44)32-53-24-13-26-56(49-6,50-7)51-8/h34-37,39-40,43-45,56H,9-33,38H2,1-8H3/q-1. The van der Waals surface area contributed by atoms with Crippen molar-refractivity contribution in [1.82, 2.24) is 20.4 Å². The van der Waals surface area contributed by atoms with Crippen LogP contribution in [0.4, 0.5) is 0 Å². The topological polar surface area (TPSA) is 200 Å². The van der Waals surface area contributed by atoms with Crippen molar-refractivity contribution in [3.8, 4) is 0 Å². The molecule has 0 aliphatic heterocycles. The number of rotatable bonds is 43. The normalized spacial score (nSPS) is 15.2. The van der Waals surface area contributed by atoms with E-state index in [9.17, 15) is 15.3 Å². The number of nitrogens with one attached hydrogen (secondary N) is 2. The van der Waals surface area contributed by atoms with Gasteiger partial charge in [0.1, 0.15) is 0 Å². The van der Waals surface area contributed by atoms with E-state index in [1.807, 2.05) is 0 Å². The molecule has 0 aliphatic carbocycles. The number of nitrogens with zero attached hydrogens (tertiary/aromatic N) is 2. The van der Waals surface area contributed by atoms with Gasteiger partial charge in [0, 0.05) is 60.2 Å². The molecule has 0 spiro atoms. The van der Waals surface area contributed by atoms with Crippen LogP contribution in [0.1, 0.15) is 52.4 Å². The minimum atomic E-state index is -2.97. The first-order valence-electron chi connectivity index (χ1n) is 20.8. The van der Waals surface area contributed by atoms with Crippen molar-refractivity contribution in [3.63, 3.8) is 0 Å². The van der Waals surface area contributed by atoms with Gasteiger partial charge in [0.25, 0.3) is 0 Å². The van der Waals surface area contributed by atoms with E-state index in [4.69, 9.17) is 46.5 Å². The molecule has 0 rings (SSSR count). The summed E-state index contributed by atoms with van der Waals surface area (Å²) in [5.74, 6) is 0.503. The van der Waals surface area contributed by atoms with Crippen LogP contribution in [0.3, 0.4) is 0 Å². The summed E-state index contributed by atoms with van der Waals surface area (Å²) < 4.78 is 50.4. The van der Waals surface area contributed by atoms with Gasteiger partial charge in [-0.15, -0.1) is 0 Å². The second-order valence-electron chi connectivity index (χ2n) is 14.4. The van der Waals surface area contributed by atoms with Gasteiger partial charge < -0.3 is 44.0 Å². The second kappa shape index (κ2) is 36.6. The van der Waals surface area contributed by atoms with E-state index in [1.54, 1.807) is 42.7 Å². The third-order valence-electron chi connectivity index (χ3n) is 10.0. The number of aliphatic hydroxyl groups excluding tert-OH is 3. The molecule has 0 amide bonds. The van der Waals surface area contributed by atoms with Crippen LogP contribution in [0.2, 0.25) is 12.1 Å². The van der Waals surface area contributed by atoms with Crippen LogP contribution in [0, 0.1) is 5.92 Å². The SMILES string of the molecule is CCCCC(CC)COCC(O)CN(CCNCC(O)COCCC[Si](OC)(OC)OC)CCN(CCNCCN)CC(O)COCCC[SiH-](OC)(OC)OC. The van der Waals surface area contributed by atoms with Gasteiger partial charge in [0.2, 0.25) is 0 Å². The molecule has 4 atom stereocenters. The second-order valence-corrected chi connectivity index (χ2v) is 21.1. The molecule has 56 heavy (non-hydrogen) atoms. The van der Waals surface area contributed by atoms with Crippen LogP contribution in [0.25, 0.3) is 0 Å². The van der Waals surface area contributed by atoms with Gasteiger partial charge in [-0.1, -0.05) is 33.1 Å². The first-order valence-corrected chi connectivity index (χ1v) is 25.0. The summed E-state index contributed by atoms with van der Waals surface area (Å²) in [6.07, 6.45) is 3.96. The Labute approximate surface area is 342 Å². The predicted octanol–water partition coefficient (Wildman–Crippen LogP) is 0.346. The number of unbranched alkanes of at least 4 members (excludes halogenated alkanes) is 1. The summed E-state index contributed by atoms with van der Waals surface area (Å²) in [6.45, 7) is 13.2. The Morgan fingerprint density at radius 3 is 1.70 bits per heavy atom. The first kappa shape index (κ1) is 55.8. The van der Waals surface area contributed by atoms with E-state index in [1.165, 1.54) is 6.42 Å². The molecule has 0 heterocycles. The molecule has 340 valence electrons. The van der Waals surface area contributed by atoms with Crippen LogP contribution >= 0.6 is 0 Å². The Kier molecular flexibility index (Phi) is 36.4. The predicted molar refractivity (Wildman–Crippen MR) is 225 cm³/mol. The van der Waals surface area contributed by atoms with Gasteiger partial charge in [-0.05, 0) is 18.8 Å². The van der Waals surface area contributed by atoms with E-state index in [0.717, 1.165) is 25.8 Å². The number of aliphatic hydroxyl groups is 3. The zero-order valence-electron chi connectivity index (χ0n) is 36.6. The molecule has 0 aromatic heterocycles. The fourth-order valence-corrected chi connectivity index (χ4v) is 9.98. The Morgan fingerprint density at radius 2 is 1.18 bits per heavy atom. The monoisotopic (exact) mass is 849 g/mol. The third-order valence-corrected chi connectivity index (χ3v) is 16.1. The van der Waals surface area contributed by atoms with E-state index >= 15 is 0 Å². The molecule has 7 N–H and O–H groups in total. The maximum atomic E-state index is 11.0.